The summed E-state index contributed by atoms with van der Waals surface area (Å²) in [5, 5.41) is 8.03. The van der Waals surface area contributed by atoms with Crippen molar-refractivity contribution < 1.29 is 118 Å². The third kappa shape index (κ3) is 11.6. The van der Waals surface area contributed by atoms with E-state index in [1.54, 1.807) is 0 Å². The molecule has 0 aliphatic rings. The Morgan fingerprint density at radius 1 is 0.607 bits per heavy atom. The molecule has 0 amide bonds. The average Bonchev–Trinajstić information content (AvgIpc) is 3.16. The van der Waals surface area contributed by atoms with E-state index in [4.69, 9.17) is 50.4 Å². The van der Waals surface area contributed by atoms with E-state index in [0.717, 1.165) is 21.3 Å². The molecule has 12 nitrogen and oxygen atoms in total. The highest BCUT2D eigenvalue weighted by Gasteiger charge is 2.36. The number of rotatable bonds is 14. The summed E-state index contributed by atoms with van der Waals surface area (Å²) in [5.74, 6) is -17.8. The van der Waals surface area contributed by atoms with Crippen LogP contribution in [0.4, 0.5) is 52.7 Å². The van der Waals surface area contributed by atoms with Gasteiger partial charge in [0.1, 0.15) is 34.1 Å². The zero-order chi connectivity index (χ0) is 51.3. The Morgan fingerprint density at radius 3 is 1.28 bits per heavy atom. The third-order valence-electron chi connectivity index (χ3n) is 7.06. The van der Waals surface area contributed by atoms with Crippen LogP contribution in [0.15, 0.2) is 36.4 Å². The normalized spacial score (nSPS) is 13.2. The van der Waals surface area contributed by atoms with Crippen LogP contribution in [0.1, 0.15) is 52.9 Å². The molecule has 1 N–H and O–H groups in total. The first-order valence-corrected chi connectivity index (χ1v) is 16.0. The number of carbonyl (C=O) groups is 2. The van der Waals surface area contributed by atoms with Gasteiger partial charge >= 0.3 is 24.7 Å². The third-order valence-corrected chi connectivity index (χ3v) is 7.69. The zero-order valence-corrected chi connectivity index (χ0v) is 31.4. The first-order valence-electron chi connectivity index (χ1n) is 18.2. The van der Waals surface area contributed by atoms with Crippen LogP contribution in [-0.4, -0.2) is 65.2 Å². The van der Waals surface area contributed by atoms with Crippen LogP contribution in [0, 0.1) is 11.6 Å². The van der Waals surface area contributed by atoms with Crippen LogP contribution in [0.2, 0.25) is 10.0 Å². The topological polar surface area (TPSA) is 137 Å². The molecule has 0 spiro atoms. The number of hydrogen-bond acceptors (Lipinski definition) is 11. The fraction of sp³-hybridized carbons (Fsp3) is 0.257. The van der Waals surface area contributed by atoms with Gasteiger partial charge in [-0.15, -0.1) is 26.3 Å². The molecule has 0 aliphatic carbocycles. The first-order chi connectivity index (χ1) is 30.6. The molecular formula is C35H24Cl2F12O12. The number of hydrogen-bond donors (Lipinski definition) is 1. The van der Waals surface area contributed by atoms with Gasteiger partial charge in [0.05, 0.1) is 64.8 Å². The second-order valence-electron chi connectivity index (χ2n) is 10.7. The maximum absolute atomic E-state index is 14.7. The second kappa shape index (κ2) is 20.0. The summed E-state index contributed by atoms with van der Waals surface area (Å²) >= 11 is 11.6. The number of alkyl halides is 10. The van der Waals surface area contributed by atoms with Crippen LogP contribution in [0.25, 0.3) is 0 Å². The van der Waals surface area contributed by atoms with Crippen LogP contribution in [0.5, 0.6) is 57.5 Å². The summed E-state index contributed by atoms with van der Waals surface area (Å²) in [6.45, 7) is 0. The van der Waals surface area contributed by atoms with Crippen molar-refractivity contribution in [3.8, 4) is 57.5 Å². The molecule has 0 bridgehead atoms. The lowest BCUT2D eigenvalue weighted by Crippen LogP contribution is -2.18. The molecule has 0 radical (unpaired) electrons. The molecule has 0 fully saturated rings. The Labute approximate surface area is 352 Å². The lowest BCUT2D eigenvalue weighted by atomic mass is 10.1. The van der Waals surface area contributed by atoms with Crippen LogP contribution in [0.3, 0.4) is 0 Å². The van der Waals surface area contributed by atoms with E-state index in [9.17, 15) is 67.4 Å². The summed E-state index contributed by atoms with van der Waals surface area (Å²) in [5.41, 5.74) is -3.72. The average molecular weight is 941 g/mol. The Kier molecular flexibility index (Phi) is 13.2. The van der Waals surface area contributed by atoms with Gasteiger partial charge in [0.25, 0.3) is 12.9 Å². The maximum atomic E-state index is 14.7. The molecule has 334 valence electrons. The van der Waals surface area contributed by atoms with Gasteiger partial charge in [0, 0.05) is 12.1 Å². The number of benzene rings is 4. The number of esters is 1. The van der Waals surface area contributed by atoms with E-state index in [1.807, 2.05) is 0 Å². The Hall–Kier alpha value is -6.04. The number of carboxylic acid groups (broad SMARTS) is 1. The minimum Gasteiger partial charge on any atom is -0.495 e. The van der Waals surface area contributed by atoms with E-state index in [-0.39, 0.29) is 0 Å². The monoisotopic (exact) mass is 940 g/mol. The van der Waals surface area contributed by atoms with Crippen molar-refractivity contribution >= 4 is 35.1 Å². The van der Waals surface area contributed by atoms with Gasteiger partial charge in [-0.05, 0) is 24.3 Å². The van der Waals surface area contributed by atoms with Gasteiger partial charge in [-0.3, -0.25) is 0 Å². The van der Waals surface area contributed by atoms with Crippen molar-refractivity contribution in [2.75, 3.05) is 35.4 Å². The van der Waals surface area contributed by atoms with E-state index < -0.39 is 153 Å². The Bertz CT molecular complexity index is 2480. The van der Waals surface area contributed by atoms with Crippen molar-refractivity contribution in [2.24, 2.45) is 0 Å². The lowest BCUT2D eigenvalue weighted by Gasteiger charge is -2.19. The number of ether oxygens (including phenoxy) is 9. The van der Waals surface area contributed by atoms with Gasteiger partial charge < -0.3 is 47.7 Å². The van der Waals surface area contributed by atoms with Crippen LogP contribution < -0.4 is 37.9 Å². The summed E-state index contributed by atoms with van der Waals surface area (Å²) in [6, 6.07) is 3.28. The van der Waals surface area contributed by atoms with E-state index in [1.165, 1.54) is 0 Å². The van der Waals surface area contributed by atoms with Crippen molar-refractivity contribution in [3.05, 3.63) is 80.3 Å². The number of aromatic carboxylic acids is 1. The van der Waals surface area contributed by atoms with Crippen LogP contribution >= 0.6 is 23.2 Å². The molecule has 4 rings (SSSR count). The van der Waals surface area contributed by atoms with Crippen molar-refractivity contribution in [1.82, 2.24) is 0 Å². The first kappa shape index (κ1) is 40.4. The summed E-state index contributed by atoms with van der Waals surface area (Å²) in [4.78, 5) is 24.0. The van der Waals surface area contributed by atoms with E-state index in [2.05, 4.69) is 23.7 Å². The molecule has 0 aliphatic heterocycles. The predicted octanol–water partition coefficient (Wildman–Crippen LogP) is 11.7. The SMILES string of the molecule is [2H]C([2H])([2H])Oc1c(Oc2cc(Cl)c(C(F)F)c(OC)c2C(=O)O)ccc(OC(F)(F)F)c1F.[2H]C([2H])([2H])Oc1c(Oc2cc(Cl)c(C(F)F)c(OC)c2C(=O)OC)ccc(OC(F)(F)F)c1F. The van der Waals surface area contributed by atoms with E-state index in [0.29, 0.717) is 36.4 Å². The van der Waals surface area contributed by atoms with Crippen molar-refractivity contribution in [2.45, 2.75) is 25.6 Å². The van der Waals surface area contributed by atoms with Gasteiger partial charge in [-0.1, -0.05) is 23.2 Å². The van der Waals surface area contributed by atoms with E-state index >= 15 is 0 Å². The van der Waals surface area contributed by atoms with Gasteiger partial charge in [0.2, 0.25) is 23.1 Å². The fourth-order valence-corrected chi connectivity index (χ4v) is 5.30. The molecule has 0 heterocycles. The summed E-state index contributed by atoms with van der Waals surface area (Å²) in [6.07, 6.45) is -17.2. The molecular weight excluding hydrogens is 911 g/mol. The highest BCUT2D eigenvalue weighted by Crippen LogP contribution is 2.48. The van der Waals surface area contributed by atoms with Gasteiger partial charge in [0.15, 0.2) is 23.0 Å². The minimum absolute atomic E-state index is 0.386. The standard InChI is InChI=1S/C18H13ClF6O6.C17H11ClF6O6/c1-27-14-9(5-4-8(13(14)20)31-18(23,24)25)30-10-6-7(19)11(16(21)22)15(28-2)12(10)17(26)29-3;1-27-13-8(4-3-7(12(13)19)30-17(22,23)24)29-9-5-6(18)10(15(20)21)14(28-2)11(9)16(25)26/h4-6,16H,1-3H3;3-5,15H,1-2H3,(H,25,26)/i2*1D3. The smallest absolute Gasteiger partial charge is 0.495 e. The quantitative estimate of drug-likeness (QED) is 0.0951. The molecule has 61 heavy (non-hydrogen) atoms. The minimum atomic E-state index is -5.36. The lowest BCUT2D eigenvalue weighted by molar-refractivity contribution is -0.276. The molecule has 26 heteroatoms. The van der Waals surface area contributed by atoms with Crippen LogP contribution in [-0.2, 0) is 4.74 Å². The number of carboxylic acids is 1. The second-order valence-corrected chi connectivity index (χ2v) is 11.5. The molecule has 4 aromatic carbocycles. The van der Waals surface area contributed by atoms with Crippen molar-refractivity contribution in [3.63, 3.8) is 0 Å². The fourth-order valence-electron chi connectivity index (χ4n) is 4.77. The van der Waals surface area contributed by atoms with Crippen molar-refractivity contribution in [1.29, 1.82) is 0 Å². The molecule has 4 aromatic rings. The predicted molar refractivity (Wildman–Crippen MR) is 184 cm³/mol. The van der Waals surface area contributed by atoms with Gasteiger partial charge in [-0.2, -0.15) is 8.78 Å². The number of methoxy groups -OCH3 is 5. The molecule has 0 saturated carbocycles. The summed E-state index contributed by atoms with van der Waals surface area (Å²) < 4.78 is 241. The summed E-state index contributed by atoms with van der Waals surface area (Å²) in [7, 11) is -4.13. The molecule has 0 unspecified atom stereocenters. The Balaban J connectivity index is 0.000000355. The van der Waals surface area contributed by atoms with Gasteiger partial charge in [-0.25, -0.2) is 27.2 Å². The molecule has 0 aromatic heterocycles. The highest BCUT2D eigenvalue weighted by molar-refractivity contribution is 6.32. The molecule has 0 saturated heterocycles. The number of carbonyl (C=O) groups excluding carboxylic acids is 1. The maximum Gasteiger partial charge on any atom is 0.573 e. The largest absolute Gasteiger partial charge is 0.573 e. The molecule has 0 atom stereocenters. The zero-order valence-electron chi connectivity index (χ0n) is 35.8. The number of halogens is 14. The Morgan fingerprint density at radius 2 is 0.967 bits per heavy atom. The highest BCUT2D eigenvalue weighted by atomic mass is 35.5.